The average molecular weight is 1210 g/mol. The van der Waals surface area contributed by atoms with Gasteiger partial charge in [0.05, 0.1) is 45.9 Å². The number of methoxy groups -OCH3 is 3. The van der Waals surface area contributed by atoms with E-state index in [-0.39, 0.29) is 104 Å². The minimum Gasteiger partial charge on any atom is -0.434 e. The smallest absolute Gasteiger partial charge is 0.434 e. The number of hydrogen-bond donors (Lipinski definition) is 2. The summed E-state index contributed by atoms with van der Waals surface area (Å²) in [6.07, 6.45) is -3.26. The minimum atomic E-state index is -0.760. The summed E-state index contributed by atoms with van der Waals surface area (Å²) in [5.74, 6) is -0.204. The lowest BCUT2D eigenvalue weighted by molar-refractivity contribution is -0.131. The van der Waals surface area contributed by atoms with E-state index in [1.807, 2.05) is 67.6 Å². The predicted molar refractivity (Wildman–Crippen MR) is 273 cm³/mol. The number of carbonyl (C=O) groups excluding carboxylic acids is 9. The first kappa shape index (κ1) is 70.0. The highest BCUT2D eigenvalue weighted by molar-refractivity contribution is 5.86. The normalized spacial score (nSPS) is 19.9. The molecule has 2 atom stereocenters. The van der Waals surface area contributed by atoms with Gasteiger partial charge in [0.2, 0.25) is 5.78 Å². The Bertz CT molecular complexity index is 2210. The molecule has 2 aromatic rings. The van der Waals surface area contributed by atoms with Crippen LogP contribution in [0.1, 0.15) is 32.7 Å². The molecular formula is C52H70O32. The highest BCUT2D eigenvalue weighted by Crippen LogP contribution is 2.16. The SMILES string of the molecule is COC1(C)COC(=O)OC1.O=C1COC(=O)OC1.O=C1OC=CCO1.O=C1OCC(CO)O1.O=C1OCC(COCc2ccccc2)O1.O=C1OCC(O)CO1.O=C1OCC(OCc2ccccc2)CO1.O=C1OCCCO1.[3H]CC(OC)OC. The van der Waals surface area contributed by atoms with Crippen molar-refractivity contribution < 1.29 is 154 Å². The molecule has 0 aliphatic carbocycles. The first-order valence-corrected chi connectivity index (χ1v) is 25.0. The summed E-state index contributed by atoms with van der Waals surface area (Å²) in [7, 11) is 4.59. The van der Waals surface area contributed by atoms with Crippen LogP contribution in [0.15, 0.2) is 73.0 Å². The Morgan fingerprint density at radius 2 is 1.05 bits per heavy atom. The van der Waals surface area contributed by atoms with Gasteiger partial charge in [-0.1, -0.05) is 60.7 Å². The molecule has 0 amide bonds. The zero-order valence-electron chi connectivity index (χ0n) is 47.4. The molecule has 470 valence electrons. The van der Waals surface area contributed by atoms with Crippen LogP contribution in [0.5, 0.6) is 0 Å². The fraction of sp³-hybridized carbons (Fsp3) is 0.558. The second kappa shape index (κ2) is 43.4. The second-order valence-electron chi connectivity index (χ2n) is 16.7. The highest BCUT2D eigenvalue weighted by atomic mass is 16.8. The third-order valence-corrected chi connectivity index (χ3v) is 9.81. The van der Waals surface area contributed by atoms with Crippen LogP contribution in [0.4, 0.5) is 38.4 Å². The van der Waals surface area contributed by atoms with Crippen LogP contribution in [0.2, 0.25) is 0 Å². The maximum atomic E-state index is 10.6. The number of benzene rings is 2. The number of aliphatic hydroxyl groups excluding tert-OH is 2. The number of cyclic esters (lactones) is 16. The van der Waals surface area contributed by atoms with Gasteiger partial charge in [-0.25, -0.2) is 38.4 Å². The fourth-order valence-electron chi connectivity index (χ4n) is 5.29. The number of aliphatic hydroxyl groups is 2. The van der Waals surface area contributed by atoms with Crippen LogP contribution in [-0.4, -0.2) is 222 Å². The van der Waals surface area contributed by atoms with Crippen molar-refractivity contribution in [3.63, 3.8) is 0 Å². The number of ether oxygens (including phenoxy) is 21. The van der Waals surface area contributed by atoms with E-state index in [9.17, 15) is 43.2 Å². The van der Waals surface area contributed by atoms with Crippen LogP contribution < -0.4 is 0 Å². The molecule has 0 bridgehead atoms. The maximum absolute atomic E-state index is 10.6. The monoisotopic (exact) mass is 1210 g/mol. The van der Waals surface area contributed by atoms with E-state index in [1.54, 1.807) is 13.2 Å². The Kier molecular flexibility index (Phi) is 36.2. The molecule has 7 saturated heterocycles. The third kappa shape index (κ3) is 36.2. The van der Waals surface area contributed by atoms with Crippen molar-refractivity contribution in [3.05, 3.63) is 84.1 Å². The van der Waals surface area contributed by atoms with E-state index in [4.69, 9.17) is 40.0 Å². The lowest BCUT2D eigenvalue weighted by Gasteiger charge is -2.30. The van der Waals surface area contributed by atoms with Crippen LogP contribution in [0, 0.1) is 0 Å². The zero-order chi connectivity index (χ0) is 62.5. The summed E-state index contributed by atoms with van der Waals surface area (Å²) in [5.41, 5.74) is 1.73. The van der Waals surface area contributed by atoms with Gasteiger partial charge in [0, 0.05) is 29.1 Å². The van der Waals surface area contributed by atoms with Crippen molar-refractivity contribution in [1.29, 1.82) is 0 Å². The predicted octanol–water partition coefficient (Wildman–Crippen LogP) is 4.62. The van der Waals surface area contributed by atoms with E-state index in [0.29, 0.717) is 39.6 Å². The Morgan fingerprint density at radius 3 is 1.42 bits per heavy atom. The summed E-state index contributed by atoms with van der Waals surface area (Å²) in [4.78, 5) is 91.9. The third-order valence-electron chi connectivity index (χ3n) is 9.81. The van der Waals surface area contributed by atoms with Crippen molar-refractivity contribution in [2.24, 2.45) is 0 Å². The van der Waals surface area contributed by atoms with Crippen molar-refractivity contribution in [3.8, 4) is 0 Å². The molecule has 8 heterocycles. The summed E-state index contributed by atoms with van der Waals surface area (Å²) in [6.45, 7) is 5.94. The molecule has 0 saturated carbocycles. The molecule has 10 rings (SSSR count). The summed E-state index contributed by atoms with van der Waals surface area (Å²) < 4.78 is 103. The Labute approximate surface area is 482 Å². The molecule has 8 aliphatic heterocycles. The number of carbonyl (C=O) groups is 9. The van der Waals surface area contributed by atoms with Crippen LogP contribution in [0.25, 0.3) is 0 Å². The number of hydrogen-bond acceptors (Lipinski definition) is 32. The molecule has 2 unspecified atom stereocenters. The number of Topliss-reactive ketones (excluding diaryl/α,β-unsaturated/α-hetero) is 1. The molecule has 0 aromatic heterocycles. The van der Waals surface area contributed by atoms with E-state index in [0.717, 1.165) is 17.5 Å². The van der Waals surface area contributed by atoms with Gasteiger partial charge < -0.3 is 110 Å². The van der Waals surface area contributed by atoms with E-state index < -0.39 is 67.1 Å². The lowest BCUT2D eigenvalue weighted by atomic mass is 10.1. The van der Waals surface area contributed by atoms with Gasteiger partial charge in [-0.05, 0) is 31.0 Å². The highest BCUT2D eigenvalue weighted by Gasteiger charge is 2.33. The summed E-state index contributed by atoms with van der Waals surface area (Å²) in [6, 6.07) is 19.7. The molecule has 7 fully saturated rings. The van der Waals surface area contributed by atoms with E-state index in [1.165, 1.54) is 20.5 Å². The average Bonchev–Trinajstić information content (AvgIpc) is 4.20. The van der Waals surface area contributed by atoms with Gasteiger partial charge >= 0.3 is 49.2 Å². The Morgan fingerprint density at radius 1 is 0.571 bits per heavy atom. The zero-order valence-corrected chi connectivity index (χ0v) is 46.4. The summed E-state index contributed by atoms with van der Waals surface area (Å²) >= 11 is 0. The molecule has 8 aliphatic rings. The van der Waals surface area contributed by atoms with Gasteiger partial charge in [-0.3, -0.25) is 4.79 Å². The molecule has 2 aromatic carbocycles. The molecule has 2 N–H and O–H groups in total. The molecule has 84 heavy (non-hydrogen) atoms. The van der Waals surface area contributed by atoms with Gasteiger partial charge in [0.1, 0.15) is 77.3 Å². The van der Waals surface area contributed by atoms with E-state index in [2.05, 4.69) is 71.1 Å². The molecule has 0 radical (unpaired) electrons. The quantitative estimate of drug-likeness (QED) is 0.176. The van der Waals surface area contributed by atoms with Gasteiger partial charge in [0.25, 0.3) is 0 Å². The van der Waals surface area contributed by atoms with Gasteiger partial charge in [0.15, 0.2) is 31.7 Å². The molecule has 0 spiro atoms. The van der Waals surface area contributed by atoms with Gasteiger partial charge in [-0.2, -0.15) is 0 Å². The van der Waals surface area contributed by atoms with Crippen LogP contribution in [0.3, 0.4) is 0 Å². The first-order chi connectivity index (χ1) is 40.9. The molecule has 32 nitrogen and oxygen atoms in total. The first-order valence-electron chi connectivity index (χ1n) is 25.7. The second-order valence-corrected chi connectivity index (χ2v) is 16.7. The summed E-state index contributed by atoms with van der Waals surface area (Å²) in [5, 5.41) is 17.0. The van der Waals surface area contributed by atoms with Crippen molar-refractivity contribution >= 4 is 55.0 Å². The number of ketones is 1. The Hall–Kier alpha value is -8.27. The Balaban J connectivity index is 0.000000332. The van der Waals surface area contributed by atoms with Crippen molar-refractivity contribution in [1.82, 2.24) is 0 Å². The van der Waals surface area contributed by atoms with E-state index >= 15 is 0 Å². The van der Waals surface area contributed by atoms with Crippen LogP contribution in [-0.2, 0) is 117 Å². The fourth-order valence-corrected chi connectivity index (χ4v) is 5.29. The number of rotatable bonds is 11. The molecular weight excluding hydrogens is 1140 g/mol. The molecule has 32 heteroatoms. The van der Waals surface area contributed by atoms with Crippen molar-refractivity contribution in [2.45, 2.75) is 69.8 Å². The lowest BCUT2D eigenvalue weighted by Crippen LogP contribution is -2.44. The topological polar surface area (TPSA) is 388 Å². The van der Waals surface area contributed by atoms with Gasteiger partial charge in [-0.15, -0.1) is 0 Å². The largest absolute Gasteiger partial charge is 0.513 e. The van der Waals surface area contributed by atoms with Crippen molar-refractivity contribution in [2.75, 3.05) is 120 Å². The maximum Gasteiger partial charge on any atom is 0.513 e. The standard InChI is InChI=1S/2C11H12O4.C6H10O4.C4H6O4.C4H4O4.C4H6O4.C4H6O3.C4H4O3.C4H10O2/c12-11-14-7-10(8-15-11)13-6-9-4-2-1-3-5-9;12-11-14-8-10(15-11)7-13-6-9-4-2-1-3-5-9;1-6(8-2)3-9-5(7)10-4-6;2*5-3-1-7-4(6)8-2-3;5-1-3-2-7-4(6)8-3;2*5-4-6-2-1-3-7-4;1-4(5-2)6-3/h2*1-5,10H,6-8H2;3-4H2,1-2H3;3,5H,1-2H2;1-2H2;3,5H,1-2H2;1-3H2;1-2H,3H2;4H,1-3H3/i;;;;;;;;1T. The minimum absolute atomic E-state index is 0.0544. The van der Waals surface area contributed by atoms with Crippen LogP contribution >= 0.6 is 0 Å².